The fourth-order valence-corrected chi connectivity index (χ4v) is 4.13. The molecular formula is C21H27N3O3S. The molecule has 1 amide bonds. The number of thiazole rings is 1. The first-order valence-electron chi connectivity index (χ1n) is 9.48. The summed E-state index contributed by atoms with van der Waals surface area (Å²) in [5.41, 5.74) is 2.36. The van der Waals surface area contributed by atoms with Crippen molar-refractivity contribution >= 4 is 22.4 Å². The van der Waals surface area contributed by atoms with Crippen molar-refractivity contribution in [1.29, 1.82) is 0 Å². The average Bonchev–Trinajstić information content (AvgIpc) is 3.15. The fraction of sp³-hybridized carbons (Fsp3) is 0.429. The predicted molar refractivity (Wildman–Crippen MR) is 113 cm³/mol. The van der Waals surface area contributed by atoms with E-state index in [-0.39, 0.29) is 5.91 Å². The van der Waals surface area contributed by atoms with Crippen LogP contribution in [0.1, 0.15) is 40.9 Å². The van der Waals surface area contributed by atoms with Gasteiger partial charge in [0.05, 0.1) is 19.9 Å². The molecule has 1 fully saturated rings. The van der Waals surface area contributed by atoms with Crippen LogP contribution in [0.25, 0.3) is 0 Å². The Morgan fingerprint density at radius 1 is 1.29 bits per heavy atom. The minimum atomic E-state index is -0.217. The third-order valence-electron chi connectivity index (χ3n) is 4.79. The summed E-state index contributed by atoms with van der Waals surface area (Å²) in [6.45, 7) is 6.85. The number of hydrogen-bond donors (Lipinski definition) is 1. The van der Waals surface area contributed by atoms with Crippen molar-refractivity contribution in [3.05, 3.63) is 47.0 Å². The van der Waals surface area contributed by atoms with E-state index in [1.807, 2.05) is 5.38 Å². The summed E-state index contributed by atoms with van der Waals surface area (Å²) in [6, 6.07) is 3.49. The Balaban J connectivity index is 1.72. The van der Waals surface area contributed by atoms with E-state index >= 15 is 0 Å². The van der Waals surface area contributed by atoms with Gasteiger partial charge in [-0.05, 0) is 44.5 Å². The van der Waals surface area contributed by atoms with E-state index in [9.17, 15) is 4.79 Å². The monoisotopic (exact) mass is 401 g/mol. The topological polar surface area (TPSA) is 63.7 Å². The molecule has 7 heteroatoms. The Hall–Kier alpha value is -2.38. The summed E-state index contributed by atoms with van der Waals surface area (Å²) in [4.78, 5) is 19.8. The van der Waals surface area contributed by atoms with E-state index < -0.39 is 0 Å². The zero-order valence-electron chi connectivity index (χ0n) is 16.5. The van der Waals surface area contributed by atoms with Gasteiger partial charge in [0.1, 0.15) is 0 Å². The lowest BCUT2D eigenvalue weighted by atomic mass is 10.1. The molecule has 1 aliphatic rings. The first-order valence-corrected chi connectivity index (χ1v) is 10.4. The van der Waals surface area contributed by atoms with Gasteiger partial charge >= 0.3 is 0 Å². The molecule has 2 heterocycles. The van der Waals surface area contributed by atoms with Crippen molar-refractivity contribution < 1.29 is 14.3 Å². The Labute approximate surface area is 170 Å². The second-order valence-electron chi connectivity index (χ2n) is 6.80. The molecule has 0 radical (unpaired) electrons. The molecule has 0 aliphatic carbocycles. The standard InChI is InChI=1S/C21H27N3O3S/c1-4-8-15-11-16(12-18(26-2)19(15)27-3)20(25)23-21-22-17(14-28-21)13-24-9-6-5-7-10-24/h4,11-12,14H,1,5-10,13H2,2-3H3,(H,22,23,25). The number of anilines is 1. The maximum atomic E-state index is 12.8. The largest absolute Gasteiger partial charge is 0.493 e. The van der Waals surface area contributed by atoms with Gasteiger partial charge in [-0.2, -0.15) is 0 Å². The number of methoxy groups -OCH3 is 2. The number of aromatic nitrogens is 1. The molecule has 0 spiro atoms. The lowest BCUT2D eigenvalue weighted by Gasteiger charge is -2.25. The Morgan fingerprint density at radius 3 is 2.75 bits per heavy atom. The molecular weight excluding hydrogens is 374 g/mol. The van der Waals surface area contributed by atoms with Crippen LogP contribution in [0.15, 0.2) is 30.2 Å². The first kappa shape index (κ1) is 20.4. The number of likely N-dealkylation sites (tertiary alicyclic amines) is 1. The van der Waals surface area contributed by atoms with Gasteiger partial charge < -0.3 is 9.47 Å². The van der Waals surface area contributed by atoms with E-state index in [0.717, 1.165) is 30.9 Å². The van der Waals surface area contributed by atoms with Crippen LogP contribution < -0.4 is 14.8 Å². The highest BCUT2D eigenvalue weighted by Crippen LogP contribution is 2.33. The van der Waals surface area contributed by atoms with Gasteiger partial charge in [-0.15, -0.1) is 17.9 Å². The number of nitrogens with zero attached hydrogens (tertiary/aromatic N) is 2. The smallest absolute Gasteiger partial charge is 0.257 e. The number of benzene rings is 1. The second kappa shape index (κ2) is 9.71. The number of carbonyl (C=O) groups excluding carboxylic acids is 1. The number of ether oxygens (including phenoxy) is 2. The summed E-state index contributed by atoms with van der Waals surface area (Å²) in [5.74, 6) is 0.930. The van der Waals surface area contributed by atoms with Gasteiger partial charge in [-0.25, -0.2) is 4.98 Å². The van der Waals surface area contributed by atoms with Gasteiger partial charge in [0.25, 0.3) is 5.91 Å². The number of hydrogen-bond acceptors (Lipinski definition) is 6. The molecule has 1 aromatic heterocycles. The molecule has 3 rings (SSSR count). The van der Waals surface area contributed by atoms with E-state index in [1.54, 1.807) is 32.4 Å². The molecule has 2 aromatic rings. The van der Waals surface area contributed by atoms with Crippen molar-refractivity contribution in [2.45, 2.75) is 32.2 Å². The number of piperidine rings is 1. The minimum Gasteiger partial charge on any atom is -0.493 e. The summed E-state index contributed by atoms with van der Waals surface area (Å²) < 4.78 is 10.8. The summed E-state index contributed by atoms with van der Waals surface area (Å²) in [7, 11) is 3.15. The summed E-state index contributed by atoms with van der Waals surface area (Å²) >= 11 is 1.45. The normalized spacial score (nSPS) is 14.5. The maximum absolute atomic E-state index is 12.8. The molecule has 0 saturated carbocycles. The number of nitrogens with one attached hydrogen (secondary N) is 1. The predicted octanol–water partition coefficient (Wildman–Crippen LogP) is 4.13. The van der Waals surface area contributed by atoms with E-state index in [2.05, 4.69) is 21.8 Å². The van der Waals surface area contributed by atoms with Crippen molar-refractivity contribution in [2.75, 3.05) is 32.6 Å². The van der Waals surface area contributed by atoms with Gasteiger partial charge in [0.15, 0.2) is 16.6 Å². The molecule has 150 valence electrons. The van der Waals surface area contributed by atoms with E-state index in [0.29, 0.717) is 28.6 Å². The third kappa shape index (κ3) is 4.91. The number of amides is 1. The van der Waals surface area contributed by atoms with Crippen LogP contribution in [0.4, 0.5) is 5.13 Å². The summed E-state index contributed by atoms with van der Waals surface area (Å²) in [5, 5.41) is 5.53. The fourth-order valence-electron chi connectivity index (χ4n) is 3.43. The van der Waals surface area contributed by atoms with Crippen LogP contribution in [0.2, 0.25) is 0 Å². The maximum Gasteiger partial charge on any atom is 0.257 e. The average molecular weight is 402 g/mol. The lowest BCUT2D eigenvalue weighted by Crippen LogP contribution is -2.29. The van der Waals surface area contributed by atoms with Gasteiger partial charge in [0, 0.05) is 23.1 Å². The van der Waals surface area contributed by atoms with Crippen LogP contribution in [0.3, 0.4) is 0 Å². The highest BCUT2D eigenvalue weighted by atomic mass is 32.1. The van der Waals surface area contributed by atoms with E-state index in [4.69, 9.17) is 9.47 Å². The Bertz CT molecular complexity index is 828. The molecule has 6 nitrogen and oxygen atoms in total. The molecule has 0 atom stereocenters. The molecule has 1 aliphatic heterocycles. The van der Waals surface area contributed by atoms with Crippen molar-refractivity contribution in [3.63, 3.8) is 0 Å². The number of carbonyl (C=O) groups is 1. The Kier molecular flexibility index (Phi) is 7.06. The quantitative estimate of drug-likeness (QED) is 0.674. The highest BCUT2D eigenvalue weighted by molar-refractivity contribution is 7.13. The SMILES string of the molecule is C=CCc1cc(C(=O)Nc2nc(CN3CCCCC3)cs2)cc(OC)c1OC. The van der Waals surface area contributed by atoms with Crippen LogP contribution in [0.5, 0.6) is 11.5 Å². The van der Waals surface area contributed by atoms with Crippen molar-refractivity contribution in [1.82, 2.24) is 9.88 Å². The molecule has 0 unspecified atom stereocenters. The summed E-state index contributed by atoms with van der Waals surface area (Å²) in [6.07, 6.45) is 6.17. The third-order valence-corrected chi connectivity index (χ3v) is 5.60. The van der Waals surface area contributed by atoms with Gasteiger partial charge in [-0.1, -0.05) is 12.5 Å². The molecule has 1 saturated heterocycles. The zero-order valence-corrected chi connectivity index (χ0v) is 17.3. The highest BCUT2D eigenvalue weighted by Gasteiger charge is 2.17. The number of allylic oxidation sites excluding steroid dienone is 1. The Morgan fingerprint density at radius 2 is 2.07 bits per heavy atom. The lowest BCUT2D eigenvalue weighted by molar-refractivity contribution is 0.102. The minimum absolute atomic E-state index is 0.217. The van der Waals surface area contributed by atoms with Gasteiger partial charge in [-0.3, -0.25) is 15.0 Å². The molecule has 1 N–H and O–H groups in total. The van der Waals surface area contributed by atoms with Crippen LogP contribution in [-0.2, 0) is 13.0 Å². The van der Waals surface area contributed by atoms with Crippen molar-refractivity contribution in [2.24, 2.45) is 0 Å². The van der Waals surface area contributed by atoms with Crippen molar-refractivity contribution in [3.8, 4) is 11.5 Å². The molecule has 28 heavy (non-hydrogen) atoms. The first-order chi connectivity index (χ1) is 13.6. The van der Waals surface area contributed by atoms with E-state index in [1.165, 1.54) is 30.6 Å². The van der Waals surface area contributed by atoms with Gasteiger partial charge in [0.2, 0.25) is 0 Å². The van der Waals surface area contributed by atoms with Crippen LogP contribution in [0, 0.1) is 0 Å². The number of rotatable bonds is 8. The van der Waals surface area contributed by atoms with Crippen LogP contribution >= 0.6 is 11.3 Å². The molecule has 1 aromatic carbocycles. The van der Waals surface area contributed by atoms with Crippen LogP contribution in [-0.4, -0.2) is 43.1 Å². The second-order valence-corrected chi connectivity index (χ2v) is 7.66. The molecule has 0 bridgehead atoms. The zero-order chi connectivity index (χ0) is 19.9.